The van der Waals surface area contributed by atoms with Gasteiger partial charge in [0, 0.05) is 43.6 Å². The first-order valence-electron chi connectivity index (χ1n) is 8.65. The van der Waals surface area contributed by atoms with Crippen molar-refractivity contribution in [3.05, 3.63) is 52.0 Å². The van der Waals surface area contributed by atoms with Crippen LogP contribution >= 0.6 is 0 Å². The number of aromatic amines is 1. The van der Waals surface area contributed by atoms with Crippen LogP contribution in [-0.2, 0) is 0 Å². The highest BCUT2D eigenvalue weighted by Crippen LogP contribution is 2.33. The van der Waals surface area contributed by atoms with Crippen LogP contribution in [0.1, 0.15) is 59.4 Å². The Bertz CT molecular complexity index is 805. The van der Waals surface area contributed by atoms with Crippen molar-refractivity contribution < 1.29 is 4.79 Å². The van der Waals surface area contributed by atoms with Gasteiger partial charge in [-0.1, -0.05) is 0 Å². The molecule has 1 atom stereocenters. The zero-order valence-corrected chi connectivity index (χ0v) is 13.9. The minimum atomic E-state index is -0.136. The highest BCUT2D eigenvalue weighted by molar-refractivity contribution is 5.95. The molecule has 4 rings (SSSR count). The number of pyridine rings is 1. The molecule has 0 radical (unpaired) electrons. The number of piperidine rings is 1. The van der Waals surface area contributed by atoms with E-state index >= 15 is 0 Å². The number of hydrogen-bond acceptors (Lipinski definition) is 3. The van der Waals surface area contributed by atoms with Gasteiger partial charge < -0.3 is 14.5 Å². The van der Waals surface area contributed by atoms with Gasteiger partial charge in [0.05, 0.1) is 0 Å². The zero-order valence-electron chi connectivity index (χ0n) is 13.9. The number of imidazole rings is 1. The van der Waals surface area contributed by atoms with E-state index in [9.17, 15) is 9.59 Å². The average Bonchev–Trinajstić information content (AvgIpc) is 3.27. The van der Waals surface area contributed by atoms with E-state index in [1.54, 1.807) is 10.8 Å². The Morgan fingerprint density at radius 1 is 1.33 bits per heavy atom. The minimum Gasteiger partial charge on any atom is -0.348 e. The Hall–Kier alpha value is -2.37. The summed E-state index contributed by atoms with van der Waals surface area (Å²) in [6.45, 7) is 3.16. The number of nitrogens with one attached hydrogen (secondary N) is 1. The Kier molecular flexibility index (Phi) is 3.75. The zero-order chi connectivity index (χ0) is 16.7. The maximum atomic E-state index is 13.0. The first-order chi connectivity index (χ1) is 11.6. The highest BCUT2D eigenvalue weighted by Gasteiger charge is 2.31. The van der Waals surface area contributed by atoms with Gasteiger partial charge in [0.25, 0.3) is 11.5 Å². The fraction of sp³-hybridized carbons (Fsp3) is 0.500. The SMILES string of the molecule is Cc1ccn(C2CC2)c(=O)c1C(=O)N1CCCC(c2ncc[nH]2)C1. The van der Waals surface area contributed by atoms with Crippen molar-refractivity contribution in [2.45, 2.75) is 44.6 Å². The van der Waals surface area contributed by atoms with Crippen molar-refractivity contribution in [2.75, 3.05) is 13.1 Å². The maximum absolute atomic E-state index is 13.0. The lowest BCUT2D eigenvalue weighted by Crippen LogP contribution is -2.42. The number of likely N-dealkylation sites (tertiary alicyclic amines) is 1. The summed E-state index contributed by atoms with van der Waals surface area (Å²) in [6.07, 6.45) is 9.38. The van der Waals surface area contributed by atoms with Gasteiger partial charge in [0.2, 0.25) is 0 Å². The Balaban J connectivity index is 1.61. The van der Waals surface area contributed by atoms with Crippen LogP contribution in [0.2, 0.25) is 0 Å². The van der Waals surface area contributed by atoms with Crippen molar-refractivity contribution in [3.8, 4) is 0 Å². The lowest BCUT2D eigenvalue weighted by molar-refractivity contribution is 0.0701. The fourth-order valence-corrected chi connectivity index (χ4v) is 3.58. The maximum Gasteiger partial charge on any atom is 0.263 e. The Morgan fingerprint density at radius 3 is 2.88 bits per heavy atom. The molecule has 1 unspecified atom stereocenters. The summed E-state index contributed by atoms with van der Waals surface area (Å²) in [5, 5.41) is 0. The second-order valence-electron chi connectivity index (χ2n) is 6.88. The molecular formula is C18H22N4O2. The lowest BCUT2D eigenvalue weighted by atomic mass is 9.96. The van der Waals surface area contributed by atoms with Gasteiger partial charge >= 0.3 is 0 Å². The monoisotopic (exact) mass is 326 g/mol. The molecule has 0 aromatic carbocycles. The van der Waals surface area contributed by atoms with E-state index in [1.165, 1.54) is 0 Å². The minimum absolute atomic E-state index is 0.135. The van der Waals surface area contributed by atoms with E-state index in [0.29, 0.717) is 18.7 Å². The summed E-state index contributed by atoms with van der Waals surface area (Å²) in [7, 11) is 0. The molecule has 126 valence electrons. The fourth-order valence-electron chi connectivity index (χ4n) is 3.58. The third-order valence-electron chi connectivity index (χ3n) is 5.10. The number of nitrogens with zero attached hydrogens (tertiary/aromatic N) is 3. The number of rotatable bonds is 3. The molecule has 2 aromatic heterocycles. The van der Waals surface area contributed by atoms with E-state index in [4.69, 9.17) is 0 Å². The van der Waals surface area contributed by atoms with Crippen molar-refractivity contribution in [1.82, 2.24) is 19.4 Å². The number of carbonyl (C=O) groups is 1. The number of H-pyrrole nitrogens is 1. The molecule has 2 aromatic rings. The summed E-state index contributed by atoms with van der Waals surface area (Å²) in [5.41, 5.74) is 0.967. The largest absolute Gasteiger partial charge is 0.348 e. The molecule has 0 bridgehead atoms. The van der Waals surface area contributed by atoms with Gasteiger partial charge in [-0.25, -0.2) is 4.98 Å². The topological polar surface area (TPSA) is 71.0 Å². The van der Waals surface area contributed by atoms with E-state index in [-0.39, 0.29) is 23.4 Å². The molecule has 3 heterocycles. The quantitative estimate of drug-likeness (QED) is 0.940. The number of aryl methyl sites for hydroxylation is 1. The Morgan fingerprint density at radius 2 is 2.17 bits per heavy atom. The molecule has 24 heavy (non-hydrogen) atoms. The second kappa shape index (κ2) is 5.92. The highest BCUT2D eigenvalue weighted by atomic mass is 16.2. The first kappa shape index (κ1) is 15.2. The molecule has 2 fully saturated rings. The van der Waals surface area contributed by atoms with Crippen molar-refractivity contribution >= 4 is 5.91 Å². The molecule has 1 N–H and O–H groups in total. The summed E-state index contributed by atoms with van der Waals surface area (Å²) >= 11 is 0. The third kappa shape index (κ3) is 2.66. The van der Waals surface area contributed by atoms with E-state index in [1.807, 2.05) is 30.3 Å². The summed E-state index contributed by atoms with van der Waals surface area (Å²) in [4.78, 5) is 35.1. The van der Waals surface area contributed by atoms with Crippen LogP contribution in [-0.4, -0.2) is 38.4 Å². The van der Waals surface area contributed by atoms with E-state index < -0.39 is 0 Å². The van der Waals surface area contributed by atoms with Gasteiger partial charge in [-0.15, -0.1) is 0 Å². The molecule has 1 aliphatic carbocycles. The van der Waals surface area contributed by atoms with Gasteiger partial charge in [-0.3, -0.25) is 9.59 Å². The molecule has 1 amide bonds. The Labute approximate surface area is 140 Å². The van der Waals surface area contributed by atoms with Crippen LogP contribution in [0.25, 0.3) is 0 Å². The molecule has 1 aliphatic heterocycles. The number of carbonyl (C=O) groups excluding carboxylic acids is 1. The van der Waals surface area contributed by atoms with Crippen LogP contribution in [0.3, 0.4) is 0 Å². The smallest absolute Gasteiger partial charge is 0.263 e. The van der Waals surface area contributed by atoms with Gasteiger partial charge in [0.1, 0.15) is 11.4 Å². The number of amides is 1. The average molecular weight is 326 g/mol. The number of aromatic nitrogens is 3. The summed E-state index contributed by atoms with van der Waals surface area (Å²) < 4.78 is 1.73. The van der Waals surface area contributed by atoms with E-state index in [2.05, 4.69) is 9.97 Å². The standard InChI is InChI=1S/C18H22N4O2/c1-12-6-10-22(14-4-5-14)18(24)15(12)17(23)21-9-2-3-13(11-21)16-19-7-8-20-16/h6-8,10,13-14H,2-5,9,11H2,1H3,(H,19,20). The molecule has 0 spiro atoms. The van der Waals surface area contributed by atoms with Crippen LogP contribution in [0.4, 0.5) is 0 Å². The molecular weight excluding hydrogens is 304 g/mol. The third-order valence-corrected chi connectivity index (χ3v) is 5.10. The van der Waals surface area contributed by atoms with E-state index in [0.717, 1.165) is 37.1 Å². The van der Waals surface area contributed by atoms with Crippen LogP contribution in [0, 0.1) is 6.92 Å². The van der Waals surface area contributed by atoms with Crippen LogP contribution in [0.15, 0.2) is 29.5 Å². The van der Waals surface area contributed by atoms with Crippen LogP contribution in [0.5, 0.6) is 0 Å². The van der Waals surface area contributed by atoms with Crippen molar-refractivity contribution in [1.29, 1.82) is 0 Å². The first-order valence-corrected chi connectivity index (χ1v) is 8.65. The molecule has 1 saturated carbocycles. The van der Waals surface area contributed by atoms with Gasteiger partial charge in [-0.2, -0.15) is 0 Å². The summed E-state index contributed by atoms with van der Waals surface area (Å²) in [6, 6.07) is 2.17. The normalized spacial score (nSPS) is 21.0. The number of hydrogen-bond donors (Lipinski definition) is 1. The van der Waals surface area contributed by atoms with Crippen molar-refractivity contribution in [3.63, 3.8) is 0 Å². The second-order valence-corrected chi connectivity index (χ2v) is 6.88. The lowest BCUT2D eigenvalue weighted by Gasteiger charge is -2.32. The predicted octanol–water partition coefficient (Wildman–Crippen LogP) is 2.23. The van der Waals surface area contributed by atoms with Gasteiger partial charge in [0.15, 0.2) is 0 Å². The molecule has 6 heteroatoms. The summed E-state index contributed by atoms with van der Waals surface area (Å²) in [5.74, 6) is 1.00. The predicted molar refractivity (Wildman–Crippen MR) is 90.2 cm³/mol. The molecule has 1 saturated heterocycles. The van der Waals surface area contributed by atoms with Gasteiger partial charge in [-0.05, 0) is 44.2 Å². The van der Waals surface area contributed by atoms with Crippen LogP contribution < -0.4 is 5.56 Å². The van der Waals surface area contributed by atoms with Crippen molar-refractivity contribution in [2.24, 2.45) is 0 Å². The molecule has 2 aliphatic rings. The molecule has 6 nitrogen and oxygen atoms in total.